The molecule has 38 heavy (non-hydrogen) atoms. The van der Waals surface area contributed by atoms with E-state index in [1.54, 1.807) is 4.90 Å². The number of amides is 2. The second-order valence-electron chi connectivity index (χ2n) is 13.2. The number of rotatable bonds is 7. The normalized spacial score (nSPS) is 34.6. The van der Waals surface area contributed by atoms with Gasteiger partial charge in [-0.15, -0.1) is 0 Å². The van der Waals surface area contributed by atoms with E-state index in [4.69, 9.17) is 9.47 Å². The maximum Gasteiger partial charge on any atom is 0.313 e. The third-order valence-electron chi connectivity index (χ3n) is 8.63. The van der Waals surface area contributed by atoms with Crippen LogP contribution >= 0.6 is 0 Å². The Morgan fingerprint density at radius 1 is 1.03 bits per heavy atom. The third-order valence-corrected chi connectivity index (χ3v) is 8.63. The van der Waals surface area contributed by atoms with Crippen LogP contribution in [0.15, 0.2) is 24.3 Å². The summed E-state index contributed by atoms with van der Waals surface area (Å²) < 4.78 is 12.6. The van der Waals surface area contributed by atoms with Crippen LogP contribution < -0.4 is 0 Å². The maximum absolute atomic E-state index is 14.6. The van der Waals surface area contributed by atoms with Gasteiger partial charge in [-0.3, -0.25) is 14.4 Å². The van der Waals surface area contributed by atoms with Crippen molar-refractivity contribution in [3.05, 3.63) is 24.3 Å². The van der Waals surface area contributed by atoms with Crippen LogP contribution in [0.1, 0.15) is 80.1 Å². The predicted molar refractivity (Wildman–Crippen MR) is 144 cm³/mol. The molecule has 1 N–H and O–H groups in total. The lowest BCUT2D eigenvalue weighted by Crippen LogP contribution is -2.60. The van der Waals surface area contributed by atoms with Gasteiger partial charge in [0, 0.05) is 25.2 Å². The molecule has 2 amide bonds. The minimum absolute atomic E-state index is 0.00898. The molecule has 0 aliphatic carbocycles. The van der Waals surface area contributed by atoms with Gasteiger partial charge in [0.2, 0.25) is 11.8 Å². The molecule has 4 aliphatic rings. The lowest BCUT2D eigenvalue weighted by Gasteiger charge is -2.45. The average molecular weight is 531 g/mol. The van der Waals surface area contributed by atoms with Crippen LogP contribution in [-0.2, 0) is 23.9 Å². The zero-order valence-corrected chi connectivity index (χ0v) is 24.0. The molecule has 212 valence electrons. The lowest BCUT2D eigenvalue weighted by molar-refractivity contribution is -0.162. The Morgan fingerprint density at radius 3 is 2.42 bits per heavy atom. The molecule has 1 unspecified atom stereocenters. The fourth-order valence-corrected chi connectivity index (χ4v) is 7.45. The van der Waals surface area contributed by atoms with Crippen molar-refractivity contribution in [2.24, 2.45) is 17.3 Å². The zero-order valence-electron chi connectivity index (χ0n) is 24.0. The highest BCUT2D eigenvalue weighted by Gasteiger charge is 2.75. The number of carbonyl (C=O) groups is 3. The van der Waals surface area contributed by atoms with Gasteiger partial charge < -0.3 is 24.4 Å². The second kappa shape index (κ2) is 10.4. The van der Waals surface area contributed by atoms with Crippen LogP contribution in [0.3, 0.4) is 0 Å². The van der Waals surface area contributed by atoms with Crippen LogP contribution in [0, 0.1) is 17.3 Å². The minimum atomic E-state index is -1.27. The molecule has 2 fully saturated rings. The summed E-state index contributed by atoms with van der Waals surface area (Å²) in [7, 11) is 0. The number of carbonyl (C=O) groups excluding carboxylic acids is 3. The summed E-state index contributed by atoms with van der Waals surface area (Å²) in [5, 5.41) is 9.41. The largest absolute Gasteiger partial charge is 0.465 e. The molecule has 4 aliphatic heterocycles. The van der Waals surface area contributed by atoms with Gasteiger partial charge in [0.15, 0.2) is 0 Å². The van der Waals surface area contributed by atoms with E-state index in [0.717, 1.165) is 12.8 Å². The summed E-state index contributed by atoms with van der Waals surface area (Å²) in [6, 6.07) is -0.892. The second-order valence-corrected chi connectivity index (χ2v) is 13.2. The Labute approximate surface area is 227 Å². The molecule has 4 rings (SSSR count). The van der Waals surface area contributed by atoms with Gasteiger partial charge in [-0.1, -0.05) is 52.0 Å². The van der Waals surface area contributed by atoms with E-state index in [1.807, 2.05) is 36.1 Å². The first-order valence-electron chi connectivity index (χ1n) is 14.3. The molecular weight excluding hydrogens is 484 g/mol. The molecule has 0 aromatic heterocycles. The number of esters is 1. The van der Waals surface area contributed by atoms with Gasteiger partial charge in [0.25, 0.3) is 0 Å². The monoisotopic (exact) mass is 530 g/mol. The molecular formula is C30H46N2O6. The van der Waals surface area contributed by atoms with E-state index in [1.165, 1.54) is 0 Å². The van der Waals surface area contributed by atoms with E-state index < -0.39 is 40.6 Å². The van der Waals surface area contributed by atoms with E-state index >= 15 is 0 Å². The topological polar surface area (TPSA) is 96.4 Å². The fraction of sp³-hybridized carbons (Fsp3) is 0.767. The van der Waals surface area contributed by atoms with Gasteiger partial charge in [-0.2, -0.15) is 0 Å². The summed E-state index contributed by atoms with van der Waals surface area (Å²) in [6.07, 6.45) is 11.6. The van der Waals surface area contributed by atoms with Gasteiger partial charge >= 0.3 is 5.97 Å². The van der Waals surface area contributed by atoms with Crippen molar-refractivity contribution >= 4 is 17.8 Å². The summed E-state index contributed by atoms with van der Waals surface area (Å²) in [4.78, 5) is 45.9. The molecule has 0 bridgehead atoms. The Bertz CT molecular complexity index is 997. The number of ether oxygens (including phenoxy) is 2. The number of fused-ring (bicyclic) bond motifs is 2. The van der Waals surface area contributed by atoms with E-state index in [9.17, 15) is 19.5 Å². The lowest BCUT2D eigenvalue weighted by atomic mass is 9.73. The van der Waals surface area contributed by atoms with E-state index in [2.05, 4.69) is 34.6 Å². The SMILES string of the molecule is CC[C@]12/C=C\CCCOC(=O)[C@H]1[C@H]1C(=O)N(CCCCO)C3C(=O)N(C(C)(C)CC(C)(C)C)CC=C[C@@]31O2. The highest BCUT2D eigenvalue weighted by atomic mass is 16.6. The summed E-state index contributed by atoms with van der Waals surface area (Å²) >= 11 is 0. The average Bonchev–Trinajstić information content (AvgIpc) is 3.19. The highest BCUT2D eigenvalue weighted by Crippen LogP contribution is 2.58. The molecule has 0 aromatic rings. The molecule has 0 saturated carbocycles. The quantitative estimate of drug-likeness (QED) is 0.307. The molecule has 2 saturated heterocycles. The van der Waals surface area contributed by atoms with E-state index in [-0.39, 0.29) is 23.8 Å². The number of cyclic esters (lactones) is 1. The van der Waals surface area contributed by atoms with Gasteiger partial charge in [0.1, 0.15) is 23.2 Å². The molecule has 8 heteroatoms. The standard InChI is InChI=1S/C30H46N2O6/c1-7-29-14-9-8-12-19-37-26(36)22(29)21-24(34)31(16-10-11-18-33)23-25(35)32(17-13-15-30(21,23)38-29)28(5,6)20-27(2,3)4/h9,13-15,21-23,33H,7-8,10-12,16-20H2,1-6H3/b14-9-/t21-,22+,23?,29-,30-/m0/s1. The first-order chi connectivity index (χ1) is 17.8. The van der Waals surface area contributed by atoms with Gasteiger partial charge in [-0.05, 0) is 57.8 Å². The van der Waals surface area contributed by atoms with Crippen molar-refractivity contribution < 1.29 is 29.0 Å². The van der Waals surface area contributed by atoms with Crippen molar-refractivity contribution in [2.75, 3.05) is 26.3 Å². The Morgan fingerprint density at radius 2 is 1.76 bits per heavy atom. The van der Waals surface area contributed by atoms with Gasteiger partial charge in [-0.25, -0.2) is 0 Å². The summed E-state index contributed by atoms with van der Waals surface area (Å²) in [6.45, 7) is 13.6. The maximum atomic E-state index is 14.6. The van der Waals surface area contributed by atoms with Crippen LogP contribution in [0.2, 0.25) is 0 Å². The van der Waals surface area contributed by atoms with Crippen molar-refractivity contribution in [2.45, 2.75) is 103 Å². The number of hydrogen-bond donors (Lipinski definition) is 1. The molecule has 0 aromatic carbocycles. The molecule has 8 nitrogen and oxygen atoms in total. The van der Waals surface area contributed by atoms with Crippen molar-refractivity contribution in [3.8, 4) is 0 Å². The first-order valence-corrected chi connectivity index (χ1v) is 14.3. The molecule has 1 spiro atoms. The third kappa shape index (κ3) is 4.83. The summed E-state index contributed by atoms with van der Waals surface area (Å²) in [5.74, 6) is -2.53. The van der Waals surface area contributed by atoms with Crippen molar-refractivity contribution in [3.63, 3.8) is 0 Å². The fourth-order valence-electron chi connectivity index (χ4n) is 7.45. The number of hydrogen-bond acceptors (Lipinski definition) is 6. The predicted octanol–water partition coefficient (Wildman–Crippen LogP) is 3.63. The van der Waals surface area contributed by atoms with Gasteiger partial charge in [0.05, 0.1) is 12.5 Å². The number of likely N-dealkylation sites (tertiary alicyclic amines) is 1. The first kappa shape index (κ1) is 28.8. The van der Waals surface area contributed by atoms with Crippen molar-refractivity contribution in [1.82, 2.24) is 9.80 Å². The number of aliphatic hydroxyl groups excluding tert-OH is 1. The molecule has 0 radical (unpaired) electrons. The number of allylic oxidation sites excluding steroid dienone is 1. The Balaban J connectivity index is 1.85. The number of unbranched alkanes of at least 4 members (excludes halogenated alkanes) is 1. The smallest absolute Gasteiger partial charge is 0.313 e. The highest BCUT2D eigenvalue weighted by molar-refractivity contribution is 5.99. The summed E-state index contributed by atoms with van der Waals surface area (Å²) in [5.41, 5.74) is -2.79. The van der Waals surface area contributed by atoms with Crippen LogP contribution in [0.4, 0.5) is 0 Å². The molecule has 5 atom stereocenters. The van der Waals surface area contributed by atoms with E-state index in [0.29, 0.717) is 45.4 Å². The molecule has 4 heterocycles. The van der Waals surface area contributed by atoms with Crippen LogP contribution in [0.5, 0.6) is 0 Å². The van der Waals surface area contributed by atoms with Crippen LogP contribution in [-0.4, -0.2) is 81.8 Å². The minimum Gasteiger partial charge on any atom is -0.465 e. The Kier molecular flexibility index (Phi) is 7.90. The number of aliphatic hydroxyl groups is 1. The zero-order chi connectivity index (χ0) is 27.9. The van der Waals surface area contributed by atoms with Crippen molar-refractivity contribution in [1.29, 1.82) is 0 Å². The number of nitrogens with zero attached hydrogens (tertiary/aromatic N) is 2. The van der Waals surface area contributed by atoms with Crippen LogP contribution in [0.25, 0.3) is 0 Å². The Hall–Kier alpha value is -2.19.